The molecule has 4 rings (SSSR count). The number of anilines is 1. The molecule has 0 saturated heterocycles. The van der Waals surface area contributed by atoms with Gasteiger partial charge >= 0.3 is 0 Å². The fraction of sp³-hybridized carbons (Fsp3) is 0.185. The minimum absolute atomic E-state index is 0.318. The SMILES string of the molecule is COc1ccc(N2C(=O)C(c3ccc(C)cc3C)=C(N(C)Cc3ccccc3)C2=O)cc1. The third kappa shape index (κ3) is 3.89. The lowest BCUT2D eigenvalue weighted by Gasteiger charge is -2.22. The fourth-order valence-electron chi connectivity index (χ4n) is 4.11. The third-order valence-electron chi connectivity index (χ3n) is 5.69. The molecule has 2 amide bonds. The molecule has 1 heterocycles. The van der Waals surface area contributed by atoms with Gasteiger partial charge in [-0.3, -0.25) is 9.59 Å². The van der Waals surface area contributed by atoms with Crippen molar-refractivity contribution in [2.24, 2.45) is 0 Å². The largest absolute Gasteiger partial charge is 0.497 e. The van der Waals surface area contributed by atoms with Crippen LogP contribution in [0.1, 0.15) is 22.3 Å². The van der Waals surface area contributed by atoms with Gasteiger partial charge in [0.2, 0.25) is 0 Å². The summed E-state index contributed by atoms with van der Waals surface area (Å²) in [6, 6.07) is 22.8. The zero-order valence-electron chi connectivity index (χ0n) is 18.8. The molecule has 0 unspecified atom stereocenters. The highest BCUT2D eigenvalue weighted by atomic mass is 16.5. The van der Waals surface area contributed by atoms with Crippen LogP contribution in [-0.2, 0) is 16.1 Å². The van der Waals surface area contributed by atoms with Gasteiger partial charge < -0.3 is 9.64 Å². The average molecular weight is 427 g/mol. The monoisotopic (exact) mass is 426 g/mol. The van der Waals surface area contributed by atoms with Gasteiger partial charge in [0.1, 0.15) is 11.4 Å². The smallest absolute Gasteiger partial charge is 0.282 e. The highest BCUT2D eigenvalue weighted by molar-refractivity contribution is 6.45. The maximum Gasteiger partial charge on any atom is 0.282 e. The Morgan fingerprint density at radius 3 is 2.19 bits per heavy atom. The van der Waals surface area contributed by atoms with Crippen molar-refractivity contribution in [2.45, 2.75) is 20.4 Å². The Hall–Kier alpha value is -3.86. The molecule has 5 heteroatoms. The maximum atomic E-state index is 13.7. The van der Waals surface area contributed by atoms with Crippen LogP contribution in [0.4, 0.5) is 5.69 Å². The minimum atomic E-state index is -0.325. The number of methoxy groups -OCH3 is 1. The second kappa shape index (κ2) is 8.71. The summed E-state index contributed by atoms with van der Waals surface area (Å²) in [6.07, 6.45) is 0. The molecule has 0 radical (unpaired) electrons. The van der Waals surface area contributed by atoms with E-state index in [1.165, 1.54) is 4.90 Å². The zero-order chi connectivity index (χ0) is 22.8. The molecule has 0 bridgehead atoms. The number of imide groups is 1. The van der Waals surface area contributed by atoms with E-state index in [1.54, 1.807) is 31.4 Å². The Balaban J connectivity index is 1.81. The van der Waals surface area contributed by atoms with Crippen LogP contribution in [-0.4, -0.2) is 30.9 Å². The van der Waals surface area contributed by atoms with Gasteiger partial charge in [-0.25, -0.2) is 4.90 Å². The molecule has 0 spiro atoms. The number of hydrogen-bond acceptors (Lipinski definition) is 4. The summed E-state index contributed by atoms with van der Waals surface area (Å²) in [6.45, 7) is 4.50. The topological polar surface area (TPSA) is 49.9 Å². The van der Waals surface area contributed by atoms with Crippen molar-refractivity contribution in [3.8, 4) is 5.75 Å². The Morgan fingerprint density at radius 2 is 1.56 bits per heavy atom. The molecule has 0 aromatic heterocycles. The number of likely N-dealkylation sites (N-methyl/N-ethyl adjacent to an activating group) is 1. The summed E-state index contributed by atoms with van der Waals surface area (Å²) >= 11 is 0. The summed E-state index contributed by atoms with van der Waals surface area (Å²) < 4.78 is 5.22. The van der Waals surface area contributed by atoms with E-state index in [2.05, 4.69) is 0 Å². The second-order valence-electron chi connectivity index (χ2n) is 8.03. The molecule has 0 N–H and O–H groups in total. The first-order chi connectivity index (χ1) is 15.4. The quantitative estimate of drug-likeness (QED) is 0.535. The van der Waals surface area contributed by atoms with Gasteiger partial charge in [-0.2, -0.15) is 0 Å². The van der Waals surface area contributed by atoms with Crippen LogP contribution < -0.4 is 9.64 Å². The molecule has 5 nitrogen and oxygen atoms in total. The summed E-state index contributed by atoms with van der Waals surface area (Å²) in [4.78, 5) is 30.4. The molecule has 3 aromatic rings. The molecule has 1 aliphatic rings. The number of amides is 2. The first-order valence-corrected chi connectivity index (χ1v) is 10.5. The molecule has 1 aliphatic heterocycles. The van der Waals surface area contributed by atoms with Gasteiger partial charge in [0.15, 0.2) is 0 Å². The summed E-state index contributed by atoms with van der Waals surface area (Å²) in [5.74, 6) is 0.0208. The van der Waals surface area contributed by atoms with Crippen molar-refractivity contribution in [1.29, 1.82) is 0 Å². The van der Waals surface area contributed by atoms with E-state index >= 15 is 0 Å². The molecule has 0 aliphatic carbocycles. The predicted octanol–water partition coefficient (Wildman–Crippen LogP) is 4.73. The fourth-order valence-corrected chi connectivity index (χ4v) is 4.11. The highest BCUT2D eigenvalue weighted by Gasteiger charge is 2.42. The Bertz CT molecular complexity index is 1200. The van der Waals surface area contributed by atoms with E-state index in [0.29, 0.717) is 29.3 Å². The molecular weight excluding hydrogens is 400 g/mol. The van der Waals surface area contributed by atoms with E-state index in [-0.39, 0.29) is 11.8 Å². The van der Waals surface area contributed by atoms with Gasteiger partial charge in [-0.1, -0.05) is 54.1 Å². The lowest BCUT2D eigenvalue weighted by atomic mass is 9.97. The van der Waals surface area contributed by atoms with Gasteiger partial charge in [0, 0.05) is 13.6 Å². The van der Waals surface area contributed by atoms with E-state index < -0.39 is 0 Å². The van der Waals surface area contributed by atoms with Crippen molar-refractivity contribution in [3.05, 3.63) is 101 Å². The maximum absolute atomic E-state index is 13.7. The molecule has 0 saturated carbocycles. The van der Waals surface area contributed by atoms with Crippen molar-refractivity contribution >= 4 is 23.1 Å². The lowest BCUT2D eigenvalue weighted by molar-refractivity contribution is -0.120. The lowest BCUT2D eigenvalue weighted by Crippen LogP contribution is -2.34. The van der Waals surface area contributed by atoms with Crippen LogP contribution in [0, 0.1) is 13.8 Å². The van der Waals surface area contributed by atoms with E-state index in [1.807, 2.05) is 74.3 Å². The molecular formula is C27H26N2O3. The number of hydrogen-bond donors (Lipinski definition) is 0. The molecule has 0 fully saturated rings. The van der Waals surface area contributed by atoms with Crippen LogP contribution in [0.25, 0.3) is 5.57 Å². The third-order valence-corrected chi connectivity index (χ3v) is 5.69. The van der Waals surface area contributed by atoms with E-state index in [4.69, 9.17) is 4.74 Å². The van der Waals surface area contributed by atoms with Crippen LogP contribution in [0.5, 0.6) is 5.75 Å². The van der Waals surface area contributed by atoms with Crippen LogP contribution in [0.2, 0.25) is 0 Å². The first kappa shape index (κ1) is 21.4. The van der Waals surface area contributed by atoms with Crippen LogP contribution in [0.15, 0.2) is 78.5 Å². The van der Waals surface area contributed by atoms with Crippen molar-refractivity contribution in [2.75, 3.05) is 19.1 Å². The number of carbonyl (C=O) groups excluding carboxylic acids is 2. The van der Waals surface area contributed by atoms with Gasteiger partial charge in [0.25, 0.3) is 11.8 Å². The zero-order valence-corrected chi connectivity index (χ0v) is 18.8. The number of carbonyl (C=O) groups is 2. The van der Waals surface area contributed by atoms with Crippen LogP contribution in [0.3, 0.4) is 0 Å². The summed E-state index contributed by atoms with van der Waals surface area (Å²) in [7, 11) is 3.44. The standard InChI is InChI=1S/C27H26N2O3/c1-18-10-15-23(19(2)16-18)24-25(28(3)17-20-8-6-5-7-9-20)27(31)29(26(24)30)21-11-13-22(32-4)14-12-21/h5-16H,17H2,1-4H3. The van der Waals surface area contributed by atoms with Crippen molar-refractivity contribution < 1.29 is 14.3 Å². The van der Waals surface area contributed by atoms with Gasteiger partial charge in [-0.05, 0) is 54.8 Å². The Kier molecular flexibility index (Phi) is 5.82. The highest BCUT2D eigenvalue weighted by Crippen LogP contribution is 2.36. The van der Waals surface area contributed by atoms with Gasteiger partial charge in [0.05, 0.1) is 18.4 Å². The minimum Gasteiger partial charge on any atom is -0.497 e. The van der Waals surface area contributed by atoms with Crippen molar-refractivity contribution in [3.63, 3.8) is 0 Å². The van der Waals surface area contributed by atoms with E-state index in [0.717, 1.165) is 22.3 Å². The molecule has 3 aromatic carbocycles. The average Bonchev–Trinajstić information content (AvgIpc) is 3.04. The van der Waals surface area contributed by atoms with Crippen molar-refractivity contribution in [1.82, 2.24) is 4.90 Å². The second-order valence-corrected chi connectivity index (χ2v) is 8.03. The predicted molar refractivity (Wildman–Crippen MR) is 126 cm³/mol. The van der Waals surface area contributed by atoms with E-state index in [9.17, 15) is 9.59 Å². The van der Waals surface area contributed by atoms with Gasteiger partial charge in [-0.15, -0.1) is 0 Å². The van der Waals surface area contributed by atoms with Crippen LogP contribution >= 0.6 is 0 Å². The Labute approximate surface area is 188 Å². The first-order valence-electron chi connectivity index (χ1n) is 10.5. The number of aryl methyl sites for hydroxylation is 2. The summed E-state index contributed by atoms with van der Waals surface area (Å²) in [5, 5.41) is 0. The molecule has 162 valence electrons. The number of ether oxygens (including phenoxy) is 1. The number of nitrogens with zero attached hydrogens (tertiary/aromatic N) is 2. The summed E-state index contributed by atoms with van der Waals surface area (Å²) in [5.41, 5.74) is 5.26. The number of benzene rings is 3. The number of rotatable bonds is 6. The normalized spacial score (nSPS) is 13.7. The Morgan fingerprint density at radius 1 is 0.875 bits per heavy atom. The molecule has 32 heavy (non-hydrogen) atoms. The molecule has 0 atom stereocenters.